The molecule has 3 atom stereocenters. The first-order valence-electron chi connectivity index (χ1n) is 13.1. The summed E-state index contributed by atoms with van der Waals surface area (Å²) in [7, 11) is 1.74. The van der Waals surface area contributed by atoms with Crippen molar-refractivity contribution < 1.29 is 14.3 Å². The topological polar surface area (TPSA) is 99.4 Å². The molecule has 0 bridgehead atoms. The predicted molar refractivity (Wildman–Crippen MR) is 144 cm³/mol. The van der Waals surface area contributed by atoms with Gasteiger partial charge in [0.1, 0.15) is 6.04 Å². The number of likely N-dealkylation sites (tertiary alicyclic amines) is 1. The number of pyridine rings is 1. The number of hydrogen-bond acceptors (Lipinski definition) is 5. The molecule has 3 unspecified atom stereocenters. The molecule has 9 heteroatoms. The van der Waals surface area contributed by atoms with Crippen LogP contribution >= 0.6 is 11.6 Å². The van der Waals surface area contributed by atoms with Crippen LogP contribution in [0.4, 0.5) is 0 Å². The molecule has 0 aliphatic carbocycles. The molecular formula is C28H34ClN5O3. The lowest BCUT2D eigenvalue weighted by Gasteiger charge is -2.35. The molecule has 2 aromatic heterocycles. The minimum atomic E-state index is -0.572. The number of H-pyrrole nitrogens is 1. The number of fused-ring (bicyclic) bond motifs is 1. The Bertz CT molecular complexity index is 1270. The van der Waals surface area contributed by atoms with Gasteiger partial charge in [-0.05, 0) is 63.8 Å². The van der Waals surface area contributed by atoms with E-state index in [-0.39, 0.29) is 29.8 Å². The fourth-order valence-corrected chi connectivity index (χ4v) is 5.71. The molecule has 3 aromatic rings. The average Bonchev–Trinajstić information content (AvgIpc) is 3.59. The summed E-state index contributed by atoms with van der Waals surface area (Å²) >= 11 is 6.49. The van der Waals surface area contributed by atoms with Crippen molar-refractivity contribution in [3.8, 4) is 11.3 Å². The largest absolute Gasteiger partial charge is 0.381 e. The van der Waals surface area contributed by atoms with Crippen molar-refractivity contribution in [3.63, 3.8) is 0 Å². The van der Waals surface area contributed by atoms with Crippen LogP contribution in [0.3, 0.4) is 0 Å². The Labute approximate surface area is 222 Å². The lowest BCUT2D eigenvalue weighted by atomic mass is 9.90. The van der Waals surface area contributed by atoms with Crippen LogP contribution in [0.5, 0.6) is 0 Å². The molecule has 8 nitrogen and oxygen atoms in total. The highest BCUT2D eigenvalue weighted by Gasteiger charge is 2.39. The second kappa shape index (κ2) is 11.2. The molecule has 2 saturated heterocycles. The molecule has 196 valence electrons. The van der Waals surface area contributed by atoms with Crippen molar-refractivity contribution in [1.29, 1.82) is 0 Å². The maximum Gasteiger partial charge on any atom is 0.246 e. The van der Waals surface area contributed by atoms with Gasteiger partial charge < -0.3 is 25.3 Å². The van der Waals surface area contributed by atoms with E-state index in [2.05, 4.69) is 26.7 Å². The predicted octanol–water partition coefficient (Wildman–Crippen LogP) is 4.07. The molecule has 0 saturated carbocycles. The highest BCUT2D eigenvalue weighted by molar-refractivity contribution is 6.33. The lowest BCUT2D eigenvalue weighted by molar-refractivity contribution is -0.140. The van der Waals surface area contributed by atoms with E-state index in [4.69, 9.17) is 16.3 Å². The van der Waals surface area contributed by atoms with Gasteiger partial charge in [0.05, 0.1) is 28.3 Å². The second-order valence-corrected chi connectivity index (χ2v) is 10.4. The average molecular weight is 524 g/mol. The number of hydrogen-bond donors (Lipinski definition) is 3. The molecule has 37 heavy (non-hydrogen) atoms. The number of rotatable bonds is 7. The number of carbonyl (C=O) groups is 2. The van der Waals surface area contributed by atoms with E-state index in [0.717, 1.165) is 53.5 Å². The van der Waals surface area contributed by atoms with Gasteiger partial charge in [-0.1, -0.05) is 29.8 Å². The van der Waals surface area contributed by atoms with E-state index in [0.29, 0.717) is 24.8 Å². The number of likely N-dealkylation sites (N-methyl/N-ethyl adjacent to an activating group) is 1. The molecule has 2 amide bonds. The van der Waals surface area contributed by atoms with Crippen molar-refractivity contribution >= 4 is 34.3 Å². The number of benzene rings is 1. The summed E-state index contributed by atoms with van der Waals surface area (Å²) in [6, 6.07) is 10.7. The van der Waals surface area contributed by atoms with Crippen LogP contribution in [0.15, 0.2) is 42.6 Å². The normalized spacial score (nSPS) is 20.2. The van der Waals surface area contributed by atoms with Gasteiger partial charge >= 0.3 is 0 Å². The number of ether oxygens (including phenoxy) is 1. The van der Waals surface area contributed by atoms with Crippen LogP contribution in [0.2, 0.25) is 5.02 Å². The van der Waals surface area contributed by atoms with E-state index < -0.39 is 6.04 Å². The zero-order valence-electron chi connectivity index (χ0n) is 21.3. The lowest BCUT2D eigenvalue weighted by Crippen LogP contribution is -2.56. The Morgan fingerprint density at radius 1 is 1.19 bits per heavy atom. The summed E-state index contributed by atoms with van der Waals surface area (Å²) in [4.78, 5) is 37.0. The minimum absolute atomic E-state index is 0.0193. The Hall–Kier alpha value is -2.94. The molecule has 2 aliphatic heterocycles. The Balaban J connectivity index is 1.45. The van der Waals surface area contributed by atoms with Crippen molar-refractivity contribution in [2.45, 2.75) is 50.7 Å². The zero-order valence-corrected chi connectivity index (χ0v) is 22.1. The van der Waals surface area contributed by atoms with Crippen LogP contribution in [0, 0.1) is 5.92 Å². The highest BCUT2D eigenvalue weighted by Crippen LogP contribution is 2.37. The van der Waals surface area contributed by atoms with E-state index in [1.54, 1.807) is 20.2 Å². The molecular weight excluding hydrogens is 490 g/mol. The standard InChI is InChI=1S/C28H34ClN5O3/c1-17(30-2)27(35)33-25(18-10-14-37-15-11-18)28(36)34-13-5-8-23(34)22-16-19-9-12-31-26(24(19)32-22)20-6-3-4-7-21(20)29/h3-4,6-7,9,12,16-18,23,25,30,32H,5,8,10-11,13-15H2,1-2H3,(H,33,35). The Kier molecular flexibility index (Phi) is 7.79. The number of nitrogens with one attached hydrogen (secondary N) is 3. The Morgan fingerprint density at radius 3 is 2.73 bits per heavy atom. The first kappa shape index (κ1) is 25.7. The second-order valence-electron chi connectivity index (χ2n) is 9.96. The number of nitrogens with zero attached hydrogens (tertiary/aromatic N) is 2. The van der Waals surface area contributed by atoms with Crippen molar-refractivity contribution in [3.05, 3.63) is 53.3 Å². The summed E-state index contributed by atoms with van der Waals surface area (Å²) in [5.74, 6) is -0.132. The maximum absolute atomic E-state index is 14.0. The fraction of sp³-hybridized carbons (Fsp3) is 0.464. The molecule has 5 rings (SSSR count). The summed E-state index contributed by atoms with van der Waals surface area (Å²) in [6.07, 6.45) is 5.05. The van der Waals surface area contributed by atoms with Gasteiger partial charge in [0.25, 0.3) is 0 Å². The number of aromatic nitrogens is 2. The van der Waals surface area contributed by atoms with Crippen LogP contribution < -0.4 is 10.6 Å². The van der Waals surface area contributed by atoms with Gasteiger partial charge in [-0.3, -0.25) is 14.6 Å². The highest BCUT2D eigenvalue weighted by atomic mass is 35.5. The van der Waals surface area contributed by atoms with Crippen LogP contribution in [0.1, 0.15) is 44.3 Å². The van der Waals surface area contributed by atoms with Crippen molar-refractivity contribution in [1.82, 2.24) is 25.5 Å². The quantitative estimate of drug-likeness (QED) is 0.433. The van der Waals surface area contributed by atoms with Gasteiger partial charge in [-0.2, -0.15) is 0 Å². The summed E-state index contributed by atoms with van der Waals surface area (Å²) in [6.45, 7) is 3.67. The monoisotopic (exact) mass is 523 g/mol. The van der Waals surface area contributed by atoms with Crippen molar-refractivity contribution in [2.24, 2.45) is 5.92 Å². The van der Waals surface area contributed by atoms with E-state index in [1.165, 1.54) is 0 Å². The first-order valence-corrected chi connectivity index (χ1v) is 13.4. The molecule has 2 aliphatic rings. The summed E-state index contributed by atoms with van der Waals surface area (Å²) in [5.41, 5.74) is 3.53. The molecule has 4 heterocycles. The molecule has 0 radical (unpaired) electrons. The van der Waals surface area contributed by atoms with Crippen LogP contribution in [-0.4, -0.2) is 65.6 Å². The number of amides is 2. The van der Waals surface area contributed by atoms with Crippen LogP contribution in [-0.2, 0) is 14.3 Å². The van der Waals surface area contributed by atoms with E-state index >= 15 is 0 Å². The van der Waals surface area contributed by atoms with E-state index in [1.807, 2.05) is 35.2 Å². The Morgan fingerprint density at radius 2 is 1.97 bits per heavy atom. The summed E-state index contributed by atoms with van der Waals surface area (Å²) in [5, 5.41) is 7.70. The minimum Gasteiger partial charge on any atom is -0.381 e. The third-order valence-corrected chi connectivity index (χ3v) is 8.04. The molecule has 1 aromatic carbocycles. The molecule has 3 N–H and O–H groups in total. The van der Waals surface area contributed by atoms with E-state index in [9.17, 15) is 9.59 Å². The molecule has 2 fully saturated rings. The smallest absolute Gasteiger partial charge is 0.246 e. The number of carbonyl (C=O) groups excluding carboxylic acids is 2. The van der Waals surface area contributed by atoms with Gasteiger partial charge in [-0.15, -0.1) is 0 Å². The molecule has 0 spiro atoms. The number of aromatic amines is 1. The zero-order chi connectivity index (χ0) is 25.9. The maximum atomic E-state index is 14.0. The third-order valence-electron chi connectivity index (χ3n) is 7.71. The van der Waals surface area contributed by atoms with Gasteiger partial charge in [0.15, 0.2) is 0 Å². The van der Waals surface area contributed by atoms with Gasteiger partial charge in [-0.25, -0.2) is 0 Å². The van der Waals surface area contributed by atoms with Gasteiger partial charge in [0, 0.05) is 42.6 Å². The fourth-order valence-electron chi connectivity index (χ4n) is 5.49. The van der Waals surface area contributed by atoms with Gasteiger partial charge in [0.2, 0.25) is 11.8 Å². The number of halogens is 1. The van der Waals surface area contributed by atoms with Crippen LogP contribution in [0.25, 0.3) is 22.2 Å². The first-order chi connectivity index (χ1) is 18.0. The third kappa shape index (κ3) is 5.23. The SMILES string of the molecule is CNC(C)C(=O)NC(C(=O)N1CCCC1c1cc2ccnc(-c3ccccc3Cl)c2[nH]1)C1CCOCC1. The van der Waals surface area contributed by atoms with Crippen molar-refractivity contribution in [2.75, 3.05) is 26.8 Å². The summed E-state index contributed by atoms with van der Waals surface area (Å²) < 4.78 is 5.54.